The summed E-state index contributed by atoms with van der Waals surface area (Å²) in [6.07, 6.45) is 0.916. The molecule has 1 aromatic carbocycles. The minimum absolute atomic E-state index is 0.442. The van der Waals surface area contributed by atoms with Crippen molar-refractivity contribution in [1.29, 1.82) is 0 Å². The summed E-state index contributed by atoms with van der Waals surface area (Å²) in [6.45, 7) is 8.74. The maximum atomic E-state index is 10.7. The molecule has 0 N–H and O–H groups in total. The molecule has 1 aliphatic heterocycles. The molecular weight excluding hydrogens is 186 g/mol. The highest BCUT2D eigenvalue weighted by molar-refractivity contribution is 5.78. The second kappa shape index (κ2) is 3.37. The van der Waals surface area contributed by atoms with E-state index >= 15 is 0 Å². The predicted octanol–water partition coefficient (Wildman–Crippen LogP) is 2.65. The molecule has 80 valence electrons. The topological polar surface area (TPSA) is 20.3 Å². The van der Waals surface area contributed by atoms with Crippen LogP contribution in [0, 0.1) is 12.3 Å². The van der Waals surface area contributed by atoms with Crippen LogP contribution in [0.2, 0.25) is 0 Å². The van der Waals surface area contributed by atoms with Gasteiger partial charge in [0.15, 0.2) is 0 Å². The van der Waals surface area contributed by atoms with Gasteiger partial charge in [0, 0.05) is 24.3 Å². The van der Waals surface area contributed by atoms with Gasteiger partial charge in [-0.3, -0.25) is 4.79 Å². The van der Waals surface area contributed by atoms with Crippen molar-refractivity contribution < 1.29 is 4.79 Å². The summed E-state index contributed by atoms with van der Waals surface area (Å²) in [6, 6.07) is 6.04. The van der Waals surface area contributed by atoms with Gasteiger partial charge in [0.1, 0.15) is 6.29 Å². The van der Waals surface area contributed by atoms with E-state index in [0.29, 0.717) is 5.41 Å². The van der Waals surface area contributed by atoms with E-state index in [9.17, 15) is 4.79 Å². The van der Waals surface area contributed by atoms with Crippen LogP contribution in [0.4, 0.5) is 5.69 Å². The lowest BCUT2D eigenvalue weighted by molar-refractivity contribution is 0.112. The Labute approximate surface area is 90.9 Å². The van der Waals surface area contributed by atoms with Crippen LogP contribution in [-0.4, -0.2) is 19.4 Å². The molecule has 0 radical (unpaired) electrons. The fourth-order valence-electron chi connectivity index (χ4n) is 2.16. The highest BCUT2D eigenvalue weighted by Crippen LogP contribution is 2.33. The van der Waals surface area contributed by atoms with E-state index in [1.54, 1.807) is 0 Å². The van der Waals surface area contributed by atoms with Crippen LogP contribution in [0.5, 0.6) is 0 Å². The molecule has 0 spiro atoms. The molecule has 1 heterocycles. The molecule has 0 amide bonds. The summed E-state index contributed by atoms with van der Waals surface area (Å²) in [5.74, 6) is 0. The molecule has 1 aliphatic rings. The highest BCUT2D eigenvalue weighted by Gasteiger charge is 2.34. The standard InChI is InChI=1S/C13H17NO/c1-10-6-12(5-4-11(10)7-15)14-8-13(2,3)9-14/h4-7H,8-9H2,1-3H3. The lowest BCUT2D eigenvalue weighted by Crippen LogP contribution is -2.53. The van der Waals surface area contributed by atoms with Crippen molar-refractivity contribution in [3.8, 4) is 0 Å². The number of hydrogen-bond donors (Lipinski definition) is 0. The molecule has 2 heteroatoms. The van der Waals surface area contributed by atoms with Gasteiger partial charge in [-0.25, -0.2) is 0 Å². The van der Waals surface area contributed by atoms with E-state index in [0.717, 1.165) is 30.5 Å². The van der Waals surface area contributed by atoms with E-state index < -0.39 is 0 Å². The molecule has 15 heavy (non-hydrogen) atoms. The van der Waals surface area contributed by atoms with Crippen LogP contribution < -0.4 is 4.90 Å². The van der Waals surface area contributed by atoms with Gasteiger partial charge < -0.3 is 4.90 Å². The fraction of sp³-hybridized carbons (Fsp3) is 0.462. The molecule has 0 aliphatic carbocycles. The van der Waals surface area contributed by atoms with Crippen molar-refractivity contribution in [3.05, 3.63) is 29.3 Å². The predicted molar refractivity (Wildman–Crippen MR) is 62.6 cm³/mol. The molecule has 0 atom stereocenters. The monoisotopic (exact) mass is 203 g/mol. The van der Waals surface area contributed by atoms with Crippen LogP contribution in [0.15, 0.2) is 18.2 Å². The van der Waals surface area contributed by atoms with Crippen LogP contribution in [-0.2, 0) is 0 Å². The minimum Gasteiger partial charge on any atom is -0.370 e. The Hall–Kier alpha value is -1.31. The number of aryl methyl sites for hydroxylation is 1. The van der Waals surface area contributed by atoms with Crippen LogP contribution >= 0.6 is 0 Å². The first-order chi connectivity index (χ1) is 7.02. The van der Waals surface area contributed by atoms with E-state index in [-0.39, 0.29) is 0 Å². The average Bonchev–Trinajstić information content (AvgIpc) is 2.14. The highest BCUT2D eigenvalue weighted by atomic mass is 16.1. The normalized spacial score (nSPS) is 18.5. The van der Waals surface area contributed by atoms with Gasteiger partial charge in [0.2, 0.25) is 0 Å². The minimum atomic E-state index is 0.442. The number of carbonyl (C=O) groups excluding carboxylic acids is 1. The van der Waals surface area contributed by atoms with Crippen molar-refractivity contribution in [3.63, 3.8) is 0 Å². The molecule has 1 aromatic rings. The van der Waals surface area contributed by atoms with Crippen molar-refractivity contribution in [2.75, 3.05) is 18.0 Å². The molecule has 0 unspecified atom stereocenters. The zero-order chi connectivity index (χ0) is 11.1. The SMILES string of the molecule is Cc1cc(N2CC(C)(C)C2)ccc1C=O. The first-order valence-electron chi connectivity index (χ1n) is 5.33. The number of carbonyl (C=O) groups is 1. The first kappa shape index (κ1) is 10.2. The number of hydrogen-bond acceptors (Lipinski definition) is 2. The number of nitrogens with zero attached hydrogens (tertiary/aromatic N) is 1. The van der Waals surface area contributed by atoms with Gasteiger partial charge in [-0.05, 0) is 36.1 Å². The van der Waals surface area contributed by atoms with Crippen molar-refractivity contribution in [2.24, 2.45) is 5.41 Å². The third-order valence-electron chi connectivity index (χ3n) is 2.98. The Morgan fingerprint density at radius 1 is 1.33 bits per heavy atom. The van der Waals surface area contributed by atoms with Crippen molar-refractivity contribution >= 4 is 12.0 Å². The van der Waals surface area contributed by atoms with Crippen molar-refractivity contribution in [1.82, 2.24) is 0 Å². The third kappa shape index (κ3) is 1.89. The van der Waals surface area contributed by atoms with E-state index in [1.165, 1.54) is 5.69 Å². The van der Waals surface area contributed by atoms with Crippen LogP contribution in [0.3, 0.4) is 0 Å². The van der Waals surface area contributed by atoms with Gasteiger partial charge in [0.05, 0.1) is 0 Å². The summed E-state index contributed by atoms with van der Waals surface area (Å²) in [4.78, 5) is 13.0. The Balaban J connectivity index is 2.18. The van der Waals surface area contributed by atoms with Gasteiger partial charge in [0.25, 0.3) is 0 Å². The lowest BCUT2D eigenvalue weighted by Gasteiger charge is -2.47. The fourth-order valence-corrected chi connectivity index (χ4v) is 2.16. The maximum Gasteiger partial charge on any atom is 0.150 e. The quantitative estimate of drug-likeness (QED) is 0.689. The Morgan fingerprint density at radius 3 is 2.47 bits per heavy atom. The third-order valence-corrected chi connectivity index (χ3v) is 2.98. The Kier molecular flexibility index (Phi) is 2.29. The van der Waals surface area contributed by atoms with Gasteiger partial charge in [-0.1, -0.05) is 13.8 Å². The number of anilines is 1. The zero-order valence-corrected chi connectivity index (χ0v) is 9.58. The Morgan fingerprint density at radius 2 is 2.00 bits per heavy atom. The van der Waals surface area contributed by atoms with Crippen LogP contribution in [0.1, 0.15) is 29.8 Å². The Bertz CT molecular complexity index is 388. The molecule has 0 aromatic heterocycles. The van der Waals surface area contributed by atoms with E-state index in [2.05, 4.69) is 24.8 Å². The summed E-state index contributed by atoms with van der Waals surface area (Å²) in [7, 11) is 0. The summed E-state index contributed by atoms with van der Waals surface area (Å²) < 4.78 is 0. The summed E-state index contributed by atoms with van der Waals surface area (Å²) in [5, 5.41) is 0. The number of rotatable bonds is 2. The molecule has 1 saturated heterocycles. The number of benzene rings is 1. The average molecular weight is 203 g/mol. The van der Waals surface area contributed by atoms with Gasteiger partial charge in [-0.2, -0.15) is 0 Å². The smallest absolute Gasteiger partial charge is 0.150 e. The van der Waals surface area contributed by atoms with Gasteiger partial charge >= 0.3 is 0 Å². The van der Waals surface area contributed by atoms with Crippen molar-refractivity contribution in [2.45, 2.75) is 20.8 Å². The summed E-state index contributed by atoms with van der Waals surface area (Å²) >= 11 is 0. The molecular formula is C13H17NO. The van der Waals surface area contributed by atoms with Crippen LogP contribution in [0.25, 0.3) is 0 Å². The van der Waals surface area contributed by atoms with E-state index in [1.807, 2.05) is 19.1 Å². The second-order valence-electron chi connectivity index (χ2n) is 5.18. The molecule has 0 bridgehead atoms. The lowest BCUT2D eigenvalue weighted by atomic mass is 9.84. The first-order valence-corrected chi connectivity index (χ1v) is 5.33. The summed E-state index contributed by atoms with van der Waals surface area (Å²) in [5.41, 5.74) is 3.53. The molecule has 1 fully saturated rings. The largest absolute Gasteiger partial charge is 0.370 e. The number of aldehydes is 1. The maximum absolute atomic E-state index is 10.7. The van der Waals surface area contributed by atoms with Gasteiger partial charge in [-0.15, -0.1) is 0 Å². The molecule has 2 rings (SSSR count). The zero-order valence-electron chi connectivity index (χ0n) is 9.58. The molecule has 0 saturated carbocycles. The van der Waals surface area contributed by atoms with E-state index in [4.69, 9.17) is 0 Å². The second-order valence-corrected chi connectivity index (χ2v) is 5.18. The molecule has 2 nitrogen and oxygen atoms in total.